The molecule has 0 aliphatic carbocycles. The van der Waals surface area contributed by atoms with Gasteiger partial charge in [-0.1, -0.05) is 280 Å². The van der Waals surface area contributed by atoms with E-state index in [4.69, 9.17) is 75.4 Å². The van der Waals surface area contributed by atoms with Crippen LogP contribution in [0, 0.1) is 0 Å². The van der Waals surface area contributed by atoms with E-state index in [-0.39, 0.29) is 38.5 Å². The number of aromatic hydroxyl groups is 1. The standard InChI is InChI=1S/C26H25NO2S3.C23H22O3S.C20H17ClO.C8H10O3.C3H5NS2.C3H6O2S.CH4/c1-29-23-14-12-22(13-15-23)26(20-8-4-2-5-9-20,21-10-6-3-7-11-21)32-18-16-24(28)27-17-19-31-25(27)30;1-26-21-14-12-20(13-15-21)23(27-17-16-22(24)25,18-8-4-2-5-9-18)19-10-6-3-7-11-19;1-22-19-14-12-18(13-15-19)20(21,16-8-4-2-5-9-16)17-10-6-3-7-11-17;1-11-8-4-6(5-9)2-3-7(8)10;5-3-4-1-2-6-3;4-3(5)1-2-6;/h2-15H,16-19H2,1H3;2-15H,16-17H2,1H3,(H,24,25);2-15H,1H3;2-4,9-10H,5H2,1H3;1-2H2,(H,4,5);6H,1-2H2,(H,4,5);1H4. The van der Waals surface area contributed by atoms with Crippen molar-refractivity contribution in [1.82, 2.24) is 10.2 Å². The van der Waals surface area contributed by atoms with Crippen molar-refractivity contribution in [3.05, 3.63) is 329 Å². The lowest BCUT2D eigenvalue weighted by molar-refractivity contribution is -0.137. The number of thiol groups is 1. The number of ether oxygens (including phenoxy) is 4. The highest BCUT2D eigenvalue weighted by Gasteiger charge is 2.39. The highest BCUT2D eigenvalue weighted by atomic mass is 35.5. The van der Waals surface area contributed by atoms with Gasteiger partial charge in [-0.05, 0) is 104 Å². The van der Waals surface area contributed by atoms with Crippen LogP contribution in [0.25, 0.3) is 0 Å². The molecule has 0 radical (unpaired) electrons. The van der Waals surface area contributed by atoms with Gasteiger partial charge < -0.3 is 44.7 Å². The minimum absolute atomic E-state index is 0. The van der Waals surface area contributed by atoms with E-state index in [0.717, 1.165) is 84.1 Å². The first-order valence-electron chi connectivity index (χ1n) is 33.1. The van der Waals surface area contributed by atoms with Crippen molar-refractivity contribution >= 4 is 122 Å². The number of aliphatic hydroxyl groups excluding tert-OH is 1. The number of aliphatic carboxylic acids is 2. The Hall–Kier alpha value is -8.41. The number of carboxylic acids is 2. The van der Waals surface area contributed by atoms with Gasteiger partial charge in [-0.2, -0.15) is 12.6 Å². The summed E-state index contributed by atoms with van der Waals surface area (Å²) in [4.78, 5) is 34.6. The molecule has 2 fully saturated rings. The Balaban J connectivity index is 0.000000215. The Kier molecular flexibility index (Phi) is 36.8. The second kappa shape index (κ2) is 45.2. The number of thioether (sulfide) groups is 4. The summed E-state index contributed by atoms with van der Waals surface area (Å²) in [6.07, 6.45) is 0.717. The van der Waals surface area contributed by atoms with Gasteiger partial charge in [-0.3, -0.25) is 19.3 Å². The largest absolute Gasteiger partial charge is 0.504 e. The summed E-state index contributed by atoms with van der Waals surface area (Å²) in [7, 11) is 6.46. The number of nitrogens with zero attached hydrogens (tertiary/aromatic N) is 1. The predicted octanol–water partition coefficient (Wildman–Crippen LogP) is 18.9. The summed E-state index contributed by atoms with van der Waals surface area (Å²) >= 11 is 27.7. The third kappa shape index (κ3) is 24.6. The molecule has 0 unspecified atom stereocenters. The van der Waals surface area contributed by atoms with Crippen LogP contribution in [-0.4, -0.2) is 122 Å². The van der Waals surface area contributed by atoms with Gasteiger partial charge in [0.1, 0.15) is 30.8 Å². The number of carbonyl (C=O) groups is 3. The SMILES string of the molecule is C.COc1cc(CO)ccc1O.COc1ccc(C(Cl)(c2ccccc2)c2ccccc2)cc1.COc1ccc(C(SCCC(=O)N2CCSC2=S)(c2ccccc2)c2ccccc2)cc1.COc1ccc(C(SCCC(=O)O)(c2ccccc2)c2ccccc2)cc1.O=C(O)CCS.S=C1NCCS1. The molecule has 550 valence electrons. The first-order chi connectivity index (χ1) is 50.5. The summed E-state index contributed by atoms with van der Waals surface area (Å²) in [6, 6.07) is 90.7. The molecule has 10 aromatic rings. The molecule has 0 spiro atoms. The number of aliphatic hydroxyl groups is 1. The molecule has 2 saturated heterocycles. The van der Waals surface area contributed by atoms with E-state index in [0.29, 0.717) is 40.3 Å². The monoisotopic (exact) mass is 1560 g/mol. The molecular weight excluding hydrogens is 1470 g/mol. The van der Waals surface area contributed by atoms with Gasteiger partial charge in [0.2, 0.25) is 5.91 Å². The van der Waals surface area contributed by atoms with Crippen molar-refractivity contribution in [1.29, 1.82) is 0 Å². The quantitative estimate of drug-likeness (QED) is 0.0145. The molecule has 105 heavy (non-hydrogen) atoms. The third-order valence-electron chi connectivity index (χ3n) is 16.2. The van der Waals surface area contributed by atoms with Crippen LogP contribution in [0.3, 0.4) is 0 Å². The number of hydrogen-bond acceptors (Lipinski definition) is 16. The highest BCUT2D eigenvalue weighted by molar-refractivity contribution is 8.23. The van der Waals surface area contributed by atoms with Gasteiger partial charge in [-0.15, -0.1) is 35.1 Å². The lowest BCUT2D eigenvalue weighted by Crippen LogP contribution is -2.32. The average Bonchev–Trinajstić information content (AvgIpc) is 1.77. The molecule has 2 aliphatic heterocycles. The topological polar surface area (TPSA) is 184 Å². The molecular formula is C84H89ClN2O11S7. The zero-order valence-corrected chi connectivity index (χ0v) is 64.7. The predicted molar refractivity (Wildman–Crippen MR) is 448 cm³/mol. The van der Waals surface area contributed by atoms with Crippen molar-refractivity contribution in [2.75, 3.05) is 70.3 Å². The zero-order chi connectivity index (χ0) is 74.6. The lowest BCUT2D eigenvalue weighted by atomic mass is 9.84. The van der Waals surface area contributed by atoms with Crippen molar-refractivity contribution in [3.63, 3.8) is 0 Å². The van der Waals surface area contributed by atoms with Gasteiger partial charge in [0.05, 0.1) is 57.4 Å². The minimum atomic E-state index is -0.787. The Morgan fingerprint density at radius 2 is 0.848 bits per heavy atom. The molecule has 0 saturated carbocycles. The number of carbonyl (C=O) groups excluding carboxylic acids is 1. The second-order valence-corrected chi connectivity index (χ2v) is 29.9. The van der Waals surface area contributed by atoms with Crippen LogP contribution in [0.1, 0.15) is 82.3 Å². The number of thiocarbonyl (C=S) groups is 2. The number of benzene rings is 10. The molecule has 2 aliphatic rings. The number of phenols is 1. The van der Waals surface area contributed by atoms with Crippen LogP contribution in [0.15, 0.2) is 273 Å². The molecule has 10 aromatic carbocycles. The molecule has 13 nitrogen and oxygen atoms in total. The van der Waals surface area contributed by atoms with Crippen molar-refractivity contribution in [2.45, 2.75) is 47.7 Å². The van der Waals surface area contributed by atoms with Crippen LogP contribution >= 0.6 is 95.7 Å². The van der Waals surface area contributed by atoms with Crippen molar-refractivity contribution in [2.24, 2.45) is 0 Å². The molecule has 0 atom stereocenters. The summed E-state index contributed by atoms with van der Waals surface area (Å²) in [5.74, 6) is 5.10. The summed E-state index contributed by atoms with van der Waals surface area (Å²) in [5.41, 5.74) is 10.7. The fourth-order valence-corrected chi connectivity index (χ4v) is 16.8. The molecule has 2 heterocycles. The summed E-state index contributed by atoms with van der Waals surface area (Å²) < 4.78 is 21.5. The Morgan fingerprint density at radius 1 is 0.495 bits per heavy atom. The number of alkyl halides is 1. The minimum Gasteiger partial charge on any atom is -0.504 e. The zero-order valence-electron chi connectivity index (χ0n) is 58.1. The van der Waals surface area contributed by atoms with E-state index in [2.05, 4.69) is 139 Å². The average molecular weight is 1560 g/mol. The van der Waals surface area contributed by atoms with Crippen molar-refractivity contribution in [3.8, 4) is 28.7 Å². The number of halogens is 1. The maximum atomic E-state index is 12.8. The van der Waals surface area contributed by atoms with Crippen molar-refractivity contribution < 1.29 is 53.8 Å². The fraction of sp³-hybridized carbons (Fsp3) is 0.226. The molecule has 0 bridgehead atoms. The number of nitrogens with one attached hydrogen (secondary N) is 1. The van der Waals surface area contributed by atoms with Crippen LogP contribution in [0.5, 0.6) is 28.7 Å². The second-order valence-electron chi connectivity index (χ2n) is 22.7. The van der Waals surface area contributed by atoms with E-state index in [9.17, 15) is 14.4 Å². The normalized spacial score (nSPS) is 12.1. The summed E-state index contributed by atoms with van der Waals surface area (Å²) in [6.45, 7) is 1.73. The molecule has 12 rings (SSSR count). The Labute approximate surface area is 656 Å². The van der Waals surface area contributed by atoms with E-state index in [1.165, 1.54) is 24.3 Å². The molecule has 0 aromatic heterocycles. The van der Waals surface area contributed by atoms with Gasteiger partial charge in [0.25, 0.3) is 0 Å². The maximum absolute atomic E-state index is 12.8. The van der Waals surface area contributed by atoms with Crippen LogP contribution < -0.4 is 24.3 Å². The third-order valence-corrected chi connectivity index (χ3v) is 22.9. The highest BCUT2D eigenvalue weighted by Crippen LogP contribution is 2.51. The lowest BCUT2D eigenvalue weighted by Gasteiger charge is -2.35. The number of hydrogen-bond donors (Lipinski definition) is 6. The number of amides is 1. The number of phenolic OH excluding ortho intramolecular Hbond substituents is 1. The molecule has 5 N–H and O–H groups in total. The molecule has 1 amide bonds. The van der Waals surface area contributed by atoms with Crippen LogP contribution in [-0.2, 0) is 35.4 Å². The number of methoxy groups -OCH3 is 4. The van der Waals surface area contributed by atoms with Crippen LogP contribution in [0.4, 0.5) is 0 Å². The molecule has 21 heteroatoms. The fourth-order valence-electron chi connectivity index (χ4n) is 11.1. The van der Waals surface area contributed by atoms with Crippen LogP contribution in [0.2, 0.25) is 0 Å². The first kappa shape index (κ1) is 85.5. The smallest absolute Gasteiger partial charge is 0.304 e. The van der Waals surface area contributed by atoms with E-state index in [1.807, 2.05) is 133 Å². The van der Waals surface area contributed by atoms with E-state index < -0.39 is 26.3 Å². The van der Waals surface area contributed by atoms with Gasteiger partial charge >= 0.3 is 11.9 Å². The summed E-state index contributed by atoms with van der Waals surface area (Å²) in [5, 5.41) is 37.9. The maximum Gasteiger partial charge on any atom is 0.304 e. The number of rotatable bonds is 24. The van der Waals surface area contributed by atoms with Gasteiger partial charge in [0.15, 0.2) is 11.5 Å². The van der Waals surface area contributed by atoms with E-state index in [1.54, 1.807) is 85.4 Å². The Morgan fingerprint density at radius 3 is 1.13 bits per heavy atom. The van der Waals surface area contributed by atoms with Gasteiger partial charge in [-0.25, -0.2) is 0 Å². The number of carboxylic acid groups (broad SMARTS) is 2. The van der Waals surface area contributed by atoms with Gasteiger partial charge in [0, 0.05) is 48.3 Å². The van der Waals surface area contributed by atoms with E-state index >= 15 is 0 Å². The Bertz CT molecular complexity index is 4090. The first-order valence-corrected chi connectivity index (χ1v) is 38.9.